The number of carbonyl (C=O) groups excluding carboxylic acids is 1. The molecule has 0 aliphatic carbocycles. The third-order valence-electron chi connectivity index (χ3n) is 1.53. The predicted molar refractivity (Wildman–Crippen MR) is 50.3 cm³/mol. The van der Waals surface area contributed by atoms with Crippen LogP contribution in [-0.2, 0) is 4.79 Å². The molecule has 0 spiro atoms. The summed E-state index contributed by atoms with van der Waals surface area (Å²) in [5.41, 5.74) is -0.319. The van der Waals surface area contributed by atoms with Crippen LogP contribution in [0.1, 0.15) is 32.5 Å². The maximum atomic E-state index is 11.1. The Balaban J connectivity index is 3.07. The van der Waals surface area contributed by atoms with E-state index in [1.165, 1.54) is 6.92 Å². The van der Waals surface area contributed by atoms with E-state index in [2.05, 4.69) is 9.97 Å². The van der Waals surface area contributed by atoms with Gasteiger partial charge in [0.25, 0.3) is 5.56 Å². The minimum absolute atomic E-state index is 0.0463. The Labute approximate surface area is 81.1 Å². The molecule has 1 heterocycles. The van der Waals surface area contributed by atoms with Crippen LogP contribution < -0.4 is 10.3 Å². The Morgan fingerprint density at radius 3 is 2.71 bits per heavy atom. The number of ether oxygens (including phenoxy) is 1. The van der Waals surface area contributed by atoms with Gasteiger partial charge in [-0.05, 0) is 0 Å². The molecule has 0 bridgehead atoms. The molecule has 1 aromatic rings. The molecule has 0 saturated carbocycles. The monoisotopic (exact) mass is 196 g/mol. The first-order valence-electron chi connectivity index (χ1n) is 4.28. The summed E-state index contributed by atoms with van der Waals surface area (Å²) in [5, 5.41) is 0. The minimum Gasteiger partial charge on any atom is -0.407 e. The average molecular weight is 196 g/mol. The van der Waals surface area contributed by atoms with Gasteiger partial charge >= 0.3 is 5.97 Å². The Kier molecular flexibility index (Phi) is 3.01. The van der Waals surface area contributed by atoms with Gasteiger partial charge in [0.1, 0.15) is 5.82 Å². The summed E-state index contributed by atoms with van der Waals surface area (Å²) in [7, 11) is 0. The van der Waals surface area contributed by atoms with Crippen LogP contribution in [0.25, 0.3) is 0 Å². The lowest BCUT2D eigenvalue weighted by molar-refractivity contribution is -0.132. The fraction of sp³-hybridized carbons (Fsp3) is 0.444. The molecule has 0 radical (unpaired) electrons. The van der Waals surface area contributed by atoms with Gasteiger partial charge in [-0.2, -0.15) is 4.98 Å². The van der Waals surface area contributed by atoms with Crippen molar-refractivity contribution in [1.82, 2.24) is 9.97 Å². The number of hydrogen-bond donors (Lipinski definition) is 1. The van der Waals surface area contributed by atoms with Gasteiger partial charge < -0.3 is 9.72 Å². The first kappa shape index (κ1) is 10.4. The second-order valence-corrected chi connectivity index (χ2v) is 3.22. The molecule has 5 heteroatoms. The van der Waals surface area contributed by atoms with E-state index in [-0.39, 0.29) is 17.4 Å². The number of rotatable bonds is 2. The molecule has 76 valence electrons. The van der Waals surface area contributed by atoms with E-state index in [9.17, 15) is 9.59 Å². The highest BCUT2D eigenvalue weighted by molar-refractivity contribution is 5.68. The molecule has 14 heavy (non-hydrogen) atoms. The first-order valence-corrected chi connectivity index (χ1v) is 4.28. The molecule has 0 unspecified atom stereocenters. The number of aromatic amines is 1. The molecular formula is C9H12N2O3. The standard InChI is InChI=1S/C9H12N2O3/c1-5(2)9-10-7(13)4-8(11-9)14-6(3)12/h4-5H,1-3H3,(H,10,11,13). The van der Waals surface area contributed by atoms with Gasteiger partial charge in [0.15, 0.2) is 0 Å². The van der Waals surface area contributed by atoms with E-state index < -0.39 is 5.97 Å². The van der Waals surface area contributed by atoms with Crippen molar-refractivity contribution in [2.45, 2.75) is 26.7 Å². The van der Waals surface area contributed by atoms with Crippen LogP contribution in [0, 0.1) is 0 Å². The maximum absolute atomic E-state index is 11.1. The molecule has 1 rings (SSSR count). The lowest BCUT2D eigenvalue weighted by atomic mass is 10.2. The van der Waals surface area contributed by atoms with Crippen LogP contribution >= 0.6 is 0 Å². The minimum atomic E-state index is -0.488. The number of nitrogens with one attached hydrogen (secondary N) is 1. The summed E-state index contributed by atoms with van der Waals surface area (Å²) >= 11 is 0. The summed E-state index contributed by atoms with van der Waals surface area (Å²) in [4.78, 5) is 28.3. The van der Waals surface area contributed by atoms with Crippen LogP contribution in [0.5, 0.6) is 5.88 Å². The fourth-order valence-electron chi connectivity index (χ4n) is 0.926. The summed E-state index contributed by atoms with van der Waals surface area (Å²) in [6.45, 7) is 5.03. The highest BCUT2D eigenvalue weighted by atomic mass is 16.5. The largest absolute Gasteiger partial charge is 0.407 e. The third kappa shape index (κ3) is 2.69. The van der Waals surface area contributed by atoms with E-state index >= 15 is 0 Å². The first-order chi connectivity index (χ1) is 6.49. The van der Waals surface area contributed by atoms with Crippen molar-refractivity contribution in [3.8, 4) is 5.88 Å². The lowest BCUT2D eigenvalue weighted by Gasteiger charge is -2.05. The molecule has 0 saturated heterocycles. The second-order valence-electron chi connectivity index (χ2n) is 3.22. The van der Waals surface area contributed by atoms with Crippen molar-refractivity contribution < 1.29 is 9.53 Å². The molecule has 0 aliphatic rings. The smallest absolute Gasteiger partial charge is 0.309 e. The summed E-state index contributed by atoms with van der Waals surface area (Å²) in [5.74, 6) is 0.148. The molecule has 0 amide bonds. The Morgan fingerprint density at radius 2 is 2.21 bits per heavy atom. The quantitative estimate of drug-likeness (QED) is 0.711. The van der Waals surface area contributed by atoms with Crippen LogP contribution in [-0.4, -0.2) is 15.9 Å². The van der Waals surface area contributed by atoms with E-state index in [1.54, 1.807) is 0 Å². The van der Waals surface area contributed by atoms with Crippen LogP contribution in [0.3, 0.4) is 0 Å². The number of esters is 1. The average Bonchev–Trinajstić information content (AvgIpc) is 2.01. The summed E-state index contributed by atoms with van der Waals surface area (Å²) in [6.07, 6.45) is 0. The number of hydrogen-bond acceptors (Lipinski definition) is 4. The number of aromatic nitrogens is 2. The zero-order valence-corrected chi connectivity index (χ0v) is 8.33. The maximum Gasteiger partial charge on any atom is 0.309 e. The normalized spacial score (nSPS) is 10.3. The van der Waals surface area contributed by atoms with Gasteiger partial charge in [-0.1, -0.05) is 13.8 Å². The van der Waals surface area contributed by atoms with E-state index in [0.29, 0.717) is 5.82 Å². The predicted octanol–water partition coefficient (Wildman–Crippen LogP) is 0.819. The van der Waals surface area contributed by atoms with Crippen molar-refractivity contribution in [2.75, 3.05) is 0 Å². The SMILES string of the molecule is CC(=O)Oc1cc(=O)[nH]c(C(C)C)n1. The zero-order valence-electron chi connectivity index (χ0n) is 8.33. The lowest BCUT2D eigenvalue weighted by Crippen LogP contribution is -2.14. The number of nitrogens with zero attached hydrogens (tertiary/aromatic N) is 1. The van der Waals surface area contributed by atoms with Crippen LogP contribution in [0.4, 0.5) is 0 Å². The molecule has 1 aromatic heterocycles. The molecule has 0 aromatic carbocycles. The van der Waals surface area contributed by atoms with Gasteiger partial charge in [-0.25, -0.2) is 0 Å². The van der Waals surface area contributed by atoms with Crippen molar-refractivity contribution in [3.05, 3.63) is 22.2 Å². The van der Waals surface area contributed by atoms with Crippen molar-refractivity contribution in [2.24, 2.45) is 0 Å². The summed E-state index contributed by atoms with van der Waals surface area (Å²) < 4.78 is 4.72. The Bertz CT molecular complexity index is 395. The summed E-state index contributed by atoms with van der Waals surface area (Å²) in [6, 6.07) is 1.15. The van der Waals surface area contributed by atoms with Gasteiger partial charge in [0.2, 0.25) is 5.88 Å². The van der Waals surface area contributed by atoms with Crippen LogP contribution in [0.2, 0.25) is 0 Å². The highest BCUT2D eigenvalue weighted by Crippen LogP contribution is 2.10. The van der Waals surface area contributed by atoms with Gasteiger partial charge in [-0.15, -0.1) is 0 Å². The highest BCUT2D eigenvalue weighted by Gasteiger charge is 2.07. The van der Waals surface area contributed by atoms with Crippen LogP contribution in [0.15, 0.2) is 10.9 Å². The molecule has 0 atom stereocenters. The van der Waals surface area contributed by atoms with Crippen molar-refractivity contribution >= 4 is 5.97 Å². The Morgan fingerprint density at radius 1 is 1.57 bits per heavy atom. The van der Waals surface area contributed by atoms with E-state index in [4.69, 9.17) is 4.74 Å². The molecule has 5 nitrogen and oxygen atoms in total. The third-order valence-corrected chi connectivity index (χ3v) is 1.53. The second kappa shape index (κ2) is 4.04. The number of H-pyrrole nitrogens is 1. The van der Waals surface area contributed by atoms with Gasteiger partial charge in [0.05, 0.1) is 6.07 Å². The zero-order chi connectivity index (χ0) is 10.7. The number of carbonyl (C=O) groups is 1. The Hall–Kier alpha value is -1.65. The molecular weight excluding hydrogens is 184 g/mol. The van der Waals surface area contributed by atoms with Crippen molar-refractivity contribution in [3.63, 3.8) is 0 Å². The fourth-order valence-corrected chi connectivity index (χ4v) is 0.926. The van der Waals surface area contributed by atoms with E-state index in [1.807, 2.05) is 13.8 Å². The molecule has 0 fully saturated rings. The molecule has 0 aliphatic heterocycles. The van der Waals surface area contributed by atoms with E-state index in [0.717, 1.165) is 6.07 Å². The topological polar surface area (TPSA) is 72.1 Å². The molecule has 1 N–H and O–H groups in total. The van der Waals surface area contributed by atoms with Gasteiger partial charge in [0, 0.05) is 12.8 Å². The van der Waals surface area contributed by atoms with Gasteiger partial charge in [-0.3, -0.25) is 9.59 Å². The van der Waals surface area contributed by atoms with Crippen molar-refractivity contribution in [1.29, 1.82) is 0 Å².